The summed E-state index contributed by atoms with van der Waals surface area (Å²) in [7, 11) is 1.73. The maximum Gasteiger partial charge on any atom is 0.168 e. The number of Topliss-reactive ketones (excluding diaryl/α,β-unsaturated/α-hetero) is 1. The summed E-state index contributed by atoms with van der Waals surface area (Å²) in [4.78, 5) is 12.3. The lowest BCUT2D eigenvalue weighted by molar-refractivity contribution is 0.0993. The SMILES string of the molecule is Cc1nn(C)c(Cl)c1CC(=O)c1cc(Cl)ccc1Cl. The summed E-state index contributed by atoms with van der Waals surface area (Å²) in [6.45, 7) is 1.81. The van der Waals surface area contributed by atoms with Crippen molar-refractivity contribution in [3.63, 3.8) is 0 Å². The van der Waals surface area contributed by atoms with Crippen LogP contribution in [0, 0.1) is 6.92 Å². The number of nitrogens with zero attached hydrogens (tertiary/aromatic N) is 2. The molecular weight excluding hydrogens is 307 g/mol. The van der Waals surface area contributed by atoms with Gasteiger partial charge in [-0.2, -0.15) is 5.10 Å². The van der Waals surface area contributed by atoms with E-state index in [0.717, 1.165) is 5.69 Å². The molecule has 0 aliphatic heterocycles. The van der Waals surface area contributed by atoms with Gasteiger partial charge >= 0.3 is 0 Å². The van der Waals surface area contributed by atoms with Crippen molar-refractivity contribution in [3.05, 3.63) is 50.2 Å². The van der Waals surface area contributed by atoms with Crippen LogP contribution in [0.25, 0.3) is 0 Å². The number of aryl methyl sites for hydroxylation is 2. The number of halogens is 3. The molecule has 6 heteroatoms. The lowest BCUT2D eigenvalue weighted by atomic mass is 10.0. The van der Waals surface area contributed by atoms with Gasteiger partial charge in [-0.3, -0.25) is 9.48 Å². The number of carbonyl (C=O) groups is 1. The molecule has 0 aliphatic carbocycles. The molecule has 2 aromatic rings. The minimum Gasteiger partial charge on any atom is -0.294 e. The van der Waals surface area contributed by atoms with Crippen molar-refractivity contribution in [1.82, 2.24) is 9.78 Å². The maximum atomic E-state index is 12.3. The fourth-order valence-electron chi connectivity index (χ4n) is 1.84. The number of hydrogen-bond donors (Lipinski definition) is 0. The largest absolute Gasteiger partial charge is 0.294 e. The summed E-state index contributed by atoms with van der Waals surface area (Å²) >= 11 is 18.0. The van der Waals surface area contributed by atoms with Crippen LogP contribution in [-0.4, -0.2) is 15.6 Å². The summed E-state index contributed by atoms with van der Waals surface area (Å²) in [5.74, 6) is -0.134. The van der Waals surface area contributed by atoms with E-state index in [2.05, 4.69) is 5.10 Å². The van der Waals surface area contributed by atoms with Gasteiger partial charge in [-0.15, -0.1) is 0 Å². The van der Waals surface area contributed by atoms with E-state index in [1.807, 2.05) is 6.92 Å². The molecule has 1 heterocycles. The average molecular weight is 318 g/mol. The van der Waals surface area contributed by atoms with E-state index in [-0.39, 0.29) is 12.2 Å². The first-order valence-electron chi connectivity index (χ1n) is 5.56. The van der Waals surface area contributed by atoms with Crippen molar-refractivity contribution >= 4 is 40.6 Å². The smallest absolute Gasteiger partial charge is 0.168 e. The summed E-state index contributed by atoms with van der Waals surface area (Å²) in [6.07, 6.45) is 0.151. The third-order valence-electron chi connectivity index (χ3n) is 2.84. The Morgan fingerprint density at radius 2 is 2.00 bits per heavy atom. The van der Waals surface area contributed by atoms with Crippen LogP contribution in [0.3, 0.4) is 0 Å². The highest BCUT2D eigenvalue weighted by Crippen LogP contribution is 2.25. The van der Waals surface area contributed by atoms with Gasteiger partial charge < -0.3 is 0 Å². The molecule has 0 atom stereocenters. The van der Waals surface area contributed by atoms with E-state index in [1.165, 1.54) is 0 Å². The van der Waals surface area contributed by atoms with Crippen LogP contribution in [-0.2, 0) is 13.5 Å². The average Bonchev–Trinajstić information content (AvgIpc) is 2.59. The first-order valence-corrected chi connectivity index (χ1v) is 6.69. The minimum atomic E-state index is -0.134. The van der Waals surface area contributed by atoms with Gasteiger partial charge in [0, 0.05) is 29.6 Å². The third kappa shape index (κ3) is 2.94. The standard InChI is InChI=1S/C13H11Cl3N2O/c1-7-9(13(16)18(2)17-7)6-12(19)10-5-8(14)3-4-11(10)15/h3-5H,6H2,1-2H3. The van der Waals surface area contributed by atoms with Crippen molar-refractivity contribution < 1.29 is 4.79 Å². The highest BCUT2D eigenvalue weighted by Gasteiger charge is 2.18. The molecule has 0 aliphatic rings. The predicted octanol–water partition coefficient (Wildman–Crippen LogP) is 4.11. The predicted molar refractivity (Wildman–Crippen MR) is 77.5 cm³/mol. The molecule has 0 fully saturated rings. The highest BCUT2D eigenvalue weighted by molar-refractivity contribution is 6.36. The number of benzene rings is 1. The fraction of sp³-hybridized carbons (Fsp3) is 0.231. The van der Waals surface area contributed by atoms with E-state index in [0.29, 0.717) is 26.3 Å². The Morgan fingerprint density at radius 3 is 2.58 bits per heavy atom. The Kier molecular flexibility index (Phi) is 4.19. The van der Waals surface area contributed by atoms with E-state index >= 15 is 0 Å². The van der Waals surface area contributed by atoms with Crippen LogP contribution in [0.5, 0.6) is 0 Å². The Labute approximate surface area is 126 Å². The molecule has 1 aromatic carbocycles. The van der Waals surface area contributed by atoms with Crippen LogP contribution in [0.4, 0.5) is 0 Å². The molecule has 0 bridgehead atoms. The van der Waals surface area contributed by atoms with Crippen molar-refractivity contribution in [2.45, 2.75) is 13.3 Å². The lowest BCUT2D eigenvalue weighted by Gasteiger charge is -2.04. The number of carbonyl (C=O) groups excluding carboxylic acids is 1. The molecule has 0 unspecified atom stereocenters. The van der Waals surface area contributed by atoms with Gasteiger partial charge in [0.1, 0.15) is 5.15 Å². The minimum absolute atomic E-state index is 0.134. The summed E-state index contributed by atoms with van der Waals surface area (Å²) in [5, 5.41) is 5.49. The zero-order valence-corrected chi connectivity index (χ0v) is 12.6. The first kappa shape index (κ1) is 14.4. The Hall–Kier alpha value is -1.03. The topological polar surface area (TPSA) is 34.9 Å². The number of aromatic nitrogens is 2. The highest BCUT2D eigenvalue weighted by atomic mass is 35.5. The normalized spacial score (nSPS) is 10.8. The third-order valence-corrected chi connectivity index (χ3v) is 3.87. The maximum absolute atomic E-state index is 12.3. The molecule has 19 heavy (non-hydrogen) atoms. The van der Waals surface area contributed by atoms with Gasteiger partial charge in [-0.05, 0) is 25.1 Å². The molecule has 0 saturated carbocycles. The van der Waals surface area contributed by atoms with E-state index in [4.69, 9.17) is 34.8 Å². The molecule has 3 nitrogen and oxygen atoms in total. The van der Waals surface area contributed by atoms with Crippen LogP contribution >= 0.6 is 34.8 Å². The van der Waals surface area contributed by atoms with Crippen LogP contribution in [0.2, 0.25) is 15.2 Å². The quantitative estimate of drug-likeness (QED) is 0.798. The number of ketones is 1. The lowest BCUT2D eigenvalue weighted by Crippen LogP contribution is -2.05. The second kappa shape index (κ2) is 5.53. The second-order valence-corrected chi connectivity index (χ2v) is 5.40. The second-order valence-electron chi connectivity index (χ2n) is 4.20. The first-order chi connectivity index (χ1) is 8.90. The Balaban J connectivity index is 2.33. The van der Waals surface area contributed by atoms with Gasteiger partial charge in [0.25, 0.3) is 0 Å². The molecule has 1 aromatic heterocycles. The summed E-state index contributed by atoms with van der Waals surface area (Å²) < 4.78 is 1.54. The number of hydrogen-bond acceptors (Lipinski definition) is 2. The summed E-state index contributed by atoms with van der Waals surface area (Å²) in [6, 6.07) is 4.81. The fourth-order valence-corrected chi connectivity index (χ4v) is 2.48. The van der Waals surface area contributed by atoms with Crippen LogP contribution in [0.1, 0.15) is 21.6 Å². The molecule has 100 valence electrons. The van der Waals surface area contributed by atoms with E-state index in [9.17, 15) is 4.79 Å². The van der Waals surface area contributed by atoms with E-state index < -0.39 is 0 Å². The van der Waals surface area contributed by atoms with E-state index in [1.54, 1.807) is 29.9 Å². The van der Waals surface area contributed by atoms with Gasteiger partial charge in [-0.25, -0.2) is 0 Å². The van der Waals surface area contributed by atoms with Gasteiger partial charge in [0.05, 0.1) is 10.7 Å². The molecule has 2 rings (SSSR count). The van der Waals surface area contributed by atoms with Crippen molar-refractivity contribution in [1.29, 1.82) is 0 Å². The molecule has 0 saturated heterocycles. The number of rotatable bonds is 3. The van der Waals surface area contributed by atoms with Gasteiger partial charge in [0.2, 0.25) is 0 Å². The van der Waals surface area contributed by atoms with Crippen LogP contribution < -0.4 is 0 Å². The van der Waals surface area contributed by atoms with Gasteiger partial charge in [-0.1, -0.05) is 34.8 Å². The Bertz CT molecular complexity index is 650. The molecule has 0 radical (unpaired) electrons. The Morgan fingerprint density at radius 1 is 1.32 bits per heavy atom. The van der Waals surface area contributed by atoms with Crippen molar-refractivity contribution in [2.75, 3.05) is 0 Å². The van der Waals surface area contributed by atoms with Gasteiger partial charge in [0.15, 0.2) is 5.78 Å². The zero-order valence-electron chi connectivity index (χ0n) is 10.4. The molecule has 0 spiro atoms. The summed E-state index contributed by atoms with van der Waals surface area (Å²) in [5.41, 5.74) is 1.85. The molecule has 0 amide bonds. The zero-order chi connectivity index (χ0) is 14.2. The monoisotopic (exact) mass is 316 g/mol. The molecular formula is C13H11Cl3N2O. The van der Waals surface area contributed by atoms with Crippen molar-refractivity contribution in [2.24, 2.45) is 7.05 Å². The van der Waals surface area contributed by atoms with Crippen molar-refractivity contribution in [3.8, 4) is 0 Å². The molecule has 0 N–H and O–H groups in total. The van der Waals surface area contributed by atoms with Crippen LogP contribution in [0.15, 0.2) is 18.2 Å².